The maximum absolute atomic E-state index is 13.5. The molecular formula is C25H19N5O7S. The Hall–Kier alpha value is -4.96. The number of rotatable bonds is 7. The molecule has 3 aromatic rings. The van der Waals surface area contributed by atoms with Gasteiger partial charge in [-0.15, -0.1) is 11.3 Å². The monoisotopic (exact) mass is 533 g/mol. The fourth-order valence-electron chi connectivity index (χ4n) is 4.07. The van der Waals surface area contributed by atoms with Gasteiger partial charge in [0.15, 0.2) is 22.3 Å². The fourth-order valence-corrected chi connectivity index (χ4v) is 4.75. The van der Waals surface area contributed by atoms with Gasteiger partial charge in [-0.05, 0) is 35.4 Å². The number of esters is 1. The van der Waals surface area contributed by atoms with Gasteiger partial charge < -0.3 is 24.8 Å². The number of nitrogens with one attached hydrogen (secondary N) is 2. The lowest BCUT2D eigenvalue weighted by molar-refractivity contribution is -0.134. The third-order valence-electron chi connectivity index (χ3n) is 5.96. The van der Waals surface area contributed by atoms with E-state index in [1.165, 1.54) is 12.5 Å². The molecule has 13 heteroatoms. The van der Waals surface area contributed by atoms with Gasteiger partial charge in [0.05, 0.1) is 18.7 Å². The quantitative estimate of drug-likeness (QED) is 0.343. The van der Waals surface area contributed by atoms with Crippen LogP contribution in [0.15, 0.2) is 47.8 Å². The minimum atomic E-state index is -1.26. The van der Waals surface area contributed by atoms with Crippen molar-refractivity contribution < 1.29 is 33.4 Å². The highest BCUT2D eigenvalue weighted by atomic mass is 32.1. The standard InChI is InChI=1S/C25H19N5O7S/c1-35-23(33)16-11-38-24(27-16)29-21(31)17(8-13-2-4-14(10-26)5-3-13)30-22(32)20(28-25(30)34)15-6-7-18-19(9-15)37-12-36-18/h2-7,9,11,17,20H,8,12H2,1H3,(H,28,34)(H,27,29,31). The molecule has 1 saturated heterocycles. The van der Waals surface area contributed by atoms with Crippen molar-refractivity contribution in [3.8, 4) is 17.6 Å². The number of carbonyl (C=O) groups excluding carboxylic acids is 4. The third kappa shape index (κ3) is 4.72. The summed E-state index contributed by atoms with van der Waals surface area (Å²) in [4.78, 5) is 56.7. The molecule has 2 N–H and O–H groups in total. The average Bonchev–Trinajstić information content (AvgIpc) is 3.66. The number of hydrogen-bond donors (Lipinski definition) is 2. The molecule has 1 aromatic heterocycles. The molecule has 192 valence electrons. The van der Waals surface area contributed by atoms with Crippen molar-refractivity contribution in [3.05, 3.63) is 70.2 Å². The number of anilines is 1. The molecule has 5 rings (SSSR count). The highest BCUT2D eigenvalue weighted by molar-refractivity contribution is 7.14. The number of nitrogens with zero attached hydrogens (tertiary/aromatic N) is 3. The predicted molar refractivity (Wildman–Crippen MR) is 131 cm³/mol. The number of carbonyl (C=O) groups is 4. The van der Waals surface area contributed by atoms with Crippen molar-refractivity contribution >= 4 is 40.3 Å². The van der Waals surface area contributed by atoms with Gasteiger partial charge in [-0.1, -0.05) is 18.2 Å². The van der Waals surface area contributed by atoms with Crippen molar-refractivity contribution in [2.75, 3.05) is 19.2 Å². The molecule has 4 amide bonds. The lowest BCUT2D eigenvalue weighted by atomic mass is 10.0. The van der Waals surface area contributed by atoms with E-state index in [0.29, 0.717) is 28.2 Å². The van der Waals surface area contributed by atoms with E-state index in [4.69, 9.17) is 14.7 Å². The number of thiazole rings is 1. The second-order valence-electron chi connectivity index (χ2n) is 8.25. The number of hydrogen-bond acceptors (Lipinski definition) is 10. The summed E-state index contributed by atoms with van der Waals surface area (Å²) in [6.45, 7) is 0.0527. The summed E-state index contributed by atoms with van der Waals surface area (Å²) in [5.74, 6) is -1.01. The molecule has 2 aliphatic heterocycles. The summed E-state index contributed by atoms with van der Waals surface area (Å²) in [5, 5.41) is 15.8. The van der Waals surface area contributed by atoms with Gasteiger partial charge >= 0.3 is 12.0 Å². The molecule has 0 spiro atoms. The van der Waals surface area contributed by atoms with Crippen LogP contribution in [0.25, 0.3) is 0 Å². The van der Waals surface area contributed by atoms with Crippen LogP contribution >= 0.6 is 11.3 Å². The third-order valence-corrected chi connectivity index (χ3v) is 6.71. The zero-order valence-electron chi connectivity index (χ0n) is 19.8. The van der Waals surface area contributed by atoms with Gasteiger partial charge in [-0.3, -0.25) is 9.59 Å². The number of methoxy groups -OCH3 is 1. The Labute approximate surface area is 219 Å². The average molecular weight is 534 g/mol. The number of urea groups is 1. The molecule has 0 aliphatic carbocycles. The van der Waals surface area contributed by atoms with Crippen molar-refractivity contribution in [2.24, 2.45) is 0 Å². The van der Waals surface area contributed by atoms with Gasteiger partial charge in [0, 0.05) is 11.8 Å². The zero-order valence-corrected chi connectivity index (χ0v) is 20.6. The molecule has 1 fully saturated rings. The molecule has 0 bridgehead atoms. The maximum atomic E-state index is 13.5. The first kappa shape index (κ1) is 24.7. The number of imide groups is 1. The Kier molecular flexibility index (Phi) is 6.63. The lowest BCUT2D eigenvalue weighted by Gasteiger charge is -2.24. The van der Waals surface area contributed by atoms with Crippen molar-refractivity contribution in [1.82, 2.24) is 15.2 Å². The molecular weight excluding hydrogens is 514 g/mol. The topological polar surface area (TPSA) is 160 Å². The van der Waals surface area contributed by atoms with Crippen LogP contribution in [0.2, 0.25) is 0 Å². The van der Waals surface area contributed by atoms with Crippen molar-refractivity contribution in [3.63, 3.8) is 0 Å². The number of ether oxygens (including phenoxy) is 3. The van der Waals surface area contributed by atoms with E-state index in [1.807, 2.05) is 6.07 Å². The Morgan fingerprint density at radius 1 is 1.24 bits per heavy atom. The van der Waals surface area contributed by atoms with Crippen LogP contribution in [0, 0.1) is 11.3 Å². The number of benzene rings is 2. The Bertz CT molecular complexity index is 1480. The summed E-state index contributed by atoms with van der Waals surface area (Å²) >= 11 is 0.993. The maximum Gasteiger partial charge on any atom is 0.357 e. The molecule has 0 radical (unpaired) electrons. The Morgan fingerprint density at radius 3 is 2.74 bits per heavy atom. The summed E-state index contributed by atoms with van der Waals surface area (Å²) in [5.41, 5.74) is 1.51. The summed E-state index contributed by atoms with van der Waals surface area (Å²) in [7, 11) is 1.21. The van der Waals surface area contributed by atoms with Crippen LogP contribution in [0.5, 0.6) is 11.5 Å². The molecule has 2 atom stereocenters. The van der Waals surface area contributed by atoms with Crippen LogP contribution < -0.4 is 20.1 Å². The highest BCUT2D eigenvalue weighted by Gasteiger charge is 2.45. The predicted octanol–water partition coefficient (Wildman–Crippen LogP) is 2.37. The van der Waals surface area contributed by atoms with E-state index in [1.54, 1.807) is 42.5 Å². The number of aromatic nitrogens is 1. The van der Waals surface area contributed by atoms with Crippen LogP contribution in [0.1, 0.15) is 33.2 Å². The van der Waals surface area contributed by atoms with Crippen molar-refractivity contribution in [2.45, 2.75) is 18.5 Å². The second-order valence-corrected chi connectivity index (χ2v) is 9.11. The van der Waals surface area contributed by atoms with Gasteiger partial charge in [-0.25, -0.2) is 19.5 Å². The molecule has 12 nitrogen and oxygen atoms in total. The molecule has 2 aliphatic rings. The Morgan fingerprint density at radius 2 is 2.00 bits per heavy atom. The van der Waals surface area contributed by atoms with Crippen molar-refractivity contribution in [1.29, 1.82) is 5.26 Å². The van der Waals surface area contributed by atoms with Crippen LogP contribution in [0.3, 0.4) is 0 Å². The molecule has 2 aromatic carbocycles. The summed E-state index contributed by atoms with van der Waals surface area (Å²) in [6, 6.07) is 10.3. The first-order valence-corrected chi connectivity index (χ1v) is 12.1. The number of nitriles is 1. The van der Waals surface area contributed by atoms with E-state index in [2.05, 4.69) is 20.4 Å². The number of fused-ring (bicyclic) bond motifs is 1. The summed E-state index contributed by atoms with van der Waals surface area (Å²) < 4.78 is 15.3. The molecule has 2 unspecified atom stereocenters. The lowest BCUT2D eigenvalue weighted by Crippen LogP contribution is -2.49. The molecule has 38 heavy (non-hydrogen) atoms. The molecule has 0 saturated carbocycles. The first-order chi connectivity index (χ1) is 18.4. The van der Waals surface area contributed by atoms with Crippen LogP contribution in [-0.4, -0.2) is 53.6 Å². The summed E-state index contributed by atoms with van der Waals surface area (Å²) in [6.07, 6.45) is -0.0280. The van der Waals surface area contributed by atoms with Gasteiger partial charge in [0.2, 0.25) is 12.7 Å². The zero-order chi connectivity index (χ0) is 26.8. The highest BCUT2D eigenvalue weighted by Crippen LogP contribution is 2.36. The van der Waals surface area contributed by atoms with Gasteiger partial charge in [0.1, 0.15) is 12.1 Å². The fraction of sp³-hybridized carbons (Fsp3) is 0.200. The number of amides is 4. The van der Waals surface area contributed by atoms with Crippen LogP contribution in [0.4, 0.5) is 9.93 Å². The van der Waals surface area contributed by atoms with E-state index in [0.717, 1.165) is 16.2 Å². The van der Waals surface area contributed by atoms with Gasteiger partial charge in [-0.2, -0.15) is 5.26 Å². The molecule has 3 heterocycles. The Balaban J connectivity index is 1.43. The van der Waals surface area contributed by atoms with Gasteiger partial charge in [0.25, 0.3) is 5.91 Å². The van der Waals surface area contributed by atoms with E-state index in [-0.39, 0.29) is 24.0 Å². The minimum absolute atomic E-state index is 0.00862. The normalized spacial score (nSPS) is 16.5. The van der Waals surface area contributed by atoms with E-state index < -0.39 is 35.9 Å². The SMILES string of the molecule is COC(=O)c1csc(NC(=O)C(Cc2ccc(C#N)cc2)N2C(=O)NC(c3ccc4c(c3)OCO4)C2=O)n1. The van der Waals surface area contributed by atoms with E-state index in [9.17, 15) is 19.2 Å². The minimum Gasteiger partial charge on any atom is -0.464 e. The van der Waals surface area contributed by atoms with Crippen LogP contribution in [-0.2, 0) is 20.7 Å². The second kappa shape index (κ2) is 10.2. The van der Waals surface area contributed by atoms with E-state index >= 15 is 0 Å². The first-order valence-electron chi connectivity index (χ1n) is 11.2. The smallest absolute Gasteiger partial charge is 0.357 e. The largest absolute Gasteiger partial charge is 0.464 e.